The Balaban J connectivity index is 1.18. The van der Waals surface area contributed by atoms with Crippen LogP contribution >= 0.6 is 46.1 Å². The molecule has 0 saturated carbocycles. The lowest BCUT2D eigenvalue weighted by atomic mass is 9.97. The Morgan fingerprint density at radius 3 is 2.66 bits per heavy atom. The molecule has 5 rings (SSSR count). The van der Waals surface area contributed by atoms with Crippen LogP contribution < -0.4 is 4.74 Å². The summed E-state index contributed by atoms with van der Waals surface area (Å²) in [5.41, 5.74) is 2.17. The largest absolute Gasteiger partial charge is 0.479 e. The molecule has 0 radical (unpaired) electrons. The molecule has 1 N–H and O–H groups in total. The quantitative estimate of drug-likeness (QED) is 0.274. The SMILES string of the molecule is CC(Oc1ccc(Cl)cc1Cl)C(=O)N1CCC(c2nc(C3=NOC(c4c(Cl)cccc4CS(=O)(=O)O)C3)cs2)CC1. The van der Waals surface area contributed by atoms with Crippen molar-refractivity contribution in [2.75, 3.05) is 13.1 Å². The van der Waals surface area contributed by atoms with Crippen molar-refractivity contribution in [2.45, 2.75) is 50.1 Å². The van der Waals surface area contributed by atoms with Crippen molar-refractivity contribution in [2.24, 2.45) is 5.16 Å². The first kappa shape index (κ1) is 30.1. The number of thiazole rings is 1. The molecule has 1 fully saturated rings. The van der Waals surface area contributed by atoms with Gasteiger partial charge in [0.25, 0.3) is 16.0 Å². The van der Waals surface area contributed by atoms with E-state index in [0.717, 1.165) is 17.8 Å². The average molecular weight is 659 g/mol. The molecule has 218 valence electrons. The van der Waals surface area contributed by atoms with Crippen LogP contribution in [0.4, 0.5) is 0 Å². The van der Waals surface area contributed by atoms with Crippen molar-refractivity contribution >= 4 is 67.9 Å². The van der Waals surface area contributed by atoms with E-state index in [-0.39, 0.29) is 11.8 Å². The second-order valence-electron chi connectivity index (χ2n) is 9.88. The lowest BCUT2D eigenvalue weighted by Crippen LogP contribution is -2.44. The van der Waals surface area contributed by atoms with Crippen LogP contribution in [0.3, 0.4) is 0 Å². The van der Waals surface area contributed by atoms with E-state index >= 15 is 0 Å². The van der Waals surface area contributed by atoms with Gasteiger partial charge < -0.3 is 14.5 Å². The van der Waals surface area contributed by atoms with Crippen LogP contribution in [0, 0.1) is 0 Å². The molecule has 1 aromatic heterocycles. The van der Waals surface area contributed by atoms with E-state index in [1.807, 2.05) is 5.38 Å². The predicted molar refractivity (Wildman–Crippen MR) is 159 cm³/mol. The molecule has 0 bridgehead atoms. The number of likely N-dealkylation sites (tertiary alicyclic amines) is 1. The molecule has 1 saturated heterocycles. The van der Waals surface area contributed by atoms with Crippen molar-refractivity contribution in [3.8, 4) is 5.75 Å². The summed E-state index contributed by atoms with van der Waals surface area (Å²) in [6.45, 7) is 2.86. The highest BCUT2D eigenvalue weighted by Crippen LogP contribution is 2.38. The van der Waals surface area contributed by atoms with Crippen LogP contribution in [0.5, 0.6) is 5.75 Å². The van der Waals surface area contributed by atoms with Gasteiger partial charge in [-0.3, -0.25) is 9.35 Å². The number of nitrogens with zero attached hydrogens (tertiary/aromatic N) is 3. The van der Waals surface area contributed by atoms with Crippen LogP contribution in [0.15, 0.2) is 46.9 Å². The maximum atomic E-state index is 13.0. The average Bonchev–Trinajstić information content (AvgIpc) is 3.59. The molecule has 2 atom stereocenters. The summed E-state index contributed by atoms with van der Waals surface area (Å²) in [5, 5.41) is 8.27. The fourth-order valence-electron chi connectivity index (χ4n) is 4.97. The van der Waals surface area contributed by atoms with Crippen molar-refractivity contribution in [3.63, 3.8) is 0 Å². The number of hydrogen-bond donors (Lipinski definition) is 1. The first-order chi connectivity index (χ1) is 19.5. The summed E-state index contributed by atoms with van der Waals surface area (Å²) in [6, 6.07) is 9.74. The summed E-state index contributed by atoms with van der Waals surface area (Å²) in [7, 11) is -4.26. The number of ether oxygens (including phenoxy) is 1. The first-order valence-corrected chi connectivity index (χ1v) is 16.4. The molecule has 9 nitrogen and oxygen atoms in total. The molecule has 41 heavy (non-hydrogen) atoms. The van der Waals surface area contributed by atoms with Crippen molar-refractivity contribution in [1.82, 2.24) is 9.88 Å². The summed E-state index contributed by atoms with van der Waals surface area (Å²) in [4.78, 5) is 25.3. The number of rotatable bonds is 8. The summed E-state index contributed by atoms with van der Waals surface area (Å²) in [5.74, 6) is -0.0682. The van der Waals surface area contributed by atoms with Gasteiger partial charge in [-0.15, -0.1) is 11.3 Å². The number of halogens is 3. The van der Waals surface area contributed by atoms with E-state index in [1.165, 1.54) is 11.3 Å². The lowest BCUT2D eigenvalue weighted by molar-refractivity contribution is -0.139. The molecule has 3 aromatic rings. The third-order valence-corrected chi connectivity index (χ3v) is 9.53. The Hall–Kier alpha value is -2.41. The monoisotopic (exact) mass is 657 g/mol. The van der Waals surface area contributed by atoms with E-state index in [1.54, 1.807) is 48.2 Å². The van der Waals surface area contributed by atoms with Gasteiger partial charge in [0.15, 0.2) is 12.2 Å². The first-order valence-electron chi connectivity index (χ1n) is 12.8. The molecule has 2 aliphatic heterocycles. The van der Waals surface area contributed by atoms with Gasteiger partial charge in [0.1, 0.15) is 17.2 Å². The summed E-state index contributed by atoms with van der Waals surface area (Å²) in [6.07, 6.45) is 0.589. The summed E-state index contributed by atoms with van der Waals surface area (Å²) < 4.78 is 38.2. The Labute approximate surface area is 256 Å². The van der Waals surface area contributed by atoms with E-state index in [2.05, 4.69) is 5.16 Å². The minimum atomic E-state index is -4.26. The van der Waals surface area contributed by atoms with Gasteiger partial charge in [-0.25, -0.2) is 4.98 Å². The number of oxime groups is 1. The number of amides is 1. The molecular formula is C27H26Cl3N3O6S2. The third-order valence-electron chi connectivity index (χ3n) is 6.99. The minimum Gasteiger partial charge on any atom is -0.479 e. The van der Waals surface area contributed by atoms with Crippen LogP contribution in [-0.2, 0) is 25.5 Å². The smallest absolute Gasteiger partial charge is 0.269 e. The minimum absolute atomic E-state index is 0.106. The lowest BCUT2D eigenvalue weighted by Gasteiger charge is -2.32. The van der Waals surface area contributed by atoms with E-state index in [0.29, 0.717) is 62.9 Å². The highest BCUT2D eigenvalue weighted by molar-refractivity contribution is 7.85. The normalized spacial score (nSPS) is 18.6. The van der Waals surface area contributed by atoms with Gasteiger partial charge in [-0.2, -0.15) is 8.42 Å². The topological polar surface area (TPSA) is 118 Å². The zero-order valence-electron chi connectivity index (χ0n) is 21.8. The fourth-order valence-corrected chi connectivity index (χ4v) is 7.39. The van der Waals surface area contributed by atoms with E-state index < -0.39 is 28.1 Å². The van der Waals surface area contributed by atoms with Crippen molar-refractivity contribution in [1.29, 1.82) is 0 Å². The number of hydrogen-bond acceptors (Lipinski definition) is 8. The number of carbonyl (C=O) groups is 1. The summed E-state index contributed by atoms with van der Waals surface area (Å²) >= 11 is 20.0. The van der Waals surface area contributed by atoms with Crippen LogP contribution in [0.1, 0.15) is 60.0 Å². The fraction of sp³-hybridized carbons (Fsp3) is 0.370. The predicted octanol–water partition coefficient (Wildman–Crippen LogP) is 6.53. The molecule has 0 aliphatic carbocycles. The van der Waals surface area contributed by atoms with Crippen LogP contribution in [0.25, 0.3) is 0 Å². The molecule has 0 spiro atoms. The zero-order valence-corrected chi connectivity index (χ0v) is 25.7. The molecule has 1 amide bonds. The molecule has 3 heterocycles. The Kier molecular flexibility index (Phi) is 9.13. The van der Waals surface area contributed by atoms with Crippen molar-refractivity contribution in [3.05, 3.63) is 78.7 Å². The maximum absolute atomic E-state index is 13.0. The van der Waals surface area contributed by atoms with Gasteiger partial charge in [0, 0.05) is 46.4 Å². The Bertz CT molecular complexity index is 1590. The van der Waals surface area contributed by atoms with Crippen LogP contribution in [-0.4, -0.2) is 53.7 Å². The van der Waals surface area contributed by atoms with E-state index in [9.17, 15) is 17.8 Å². The number of aromatic nitrogens is 1. The maximum Gasteiger partial charge on any atom is 0.269 e. The molecule has 2 aromatic carbocycles. The number of benzene rings is 2. The second-order valence-corrected chi connectivity index (χ2v) is 13.5. The van der Waals surface area contributed by atoms with E-state index in [4.69, 9.17) is 49.4 Å². The van der Waals surface area contributed by atoms with Gasteiger partial charge in [-0.1, -0.05) is 52.1 Å². The van der Waals surface area contributed by atoms with Gasteiger partial charge >= 0.3 is 0 Å². The highest BCUT2D eigenvalue weighted by Gasteiger charge is 2.32. The van der Waals surface area contributed by atoms with Gasteiger partial charge in [-0.05, 0) is 49.6 Å². The Morgan fingerprint density at radius 1 is 1.20 bits per heavy atom. The Morgan fingerprint density at radius 2 is 1.95 bits per heavy atom. The van der Waals surface area contributed by atoms with Gasteiger partial charge in [0.2, 0.25) is 0 Å². The zero-order chi connectivity index (χ0) is 29.3. The number of carbonyl (C=O) groups excluding carboxylic acids is 1. The molecular weight excluding hydrogens is 633 g/mol. The van der Waals surface area contributed by atoms with Crippen LogP contribution in [0.2, 0.25) is 15.1 Å². The molecule has 2 aliphatic rings. The van der Waals surface area contributed by atoms with Gasteiger partial charge in [0.05, 0.1) is 15.7 Å². The highest BCUT2D eigenvalue weighted by atomic mass is 35.5. The number of piperidine rings is 1. The molecule has 2 unspecified atom stereocenters. The molecule has 14 heteroatoms. The standard InChI is InChI=1S/C27H26Cl3N3O6S2/c1-15(38-23-6-5-18(28)11-20(23)30)27(34)33-9-7-16(8-10-33)26-31-22(13-40-26)21-12-24(39-32-21)25-17(14-41(35,36)37)3-2-4-19(25)29/h2-6,11,13,15-16,24H,7-10,12,14H2,1H3,(H,35,36,37). The second kappa shape index (κ2) is 12.4. The van der Waals surface area contributed by atoms with Crippen molar-refractivity contribution < 1.29 is 27.3 Å². The third kappa shape index (κ3) is 7.15.